The number of rotatable bonds is 1. The summed E-state index contributed by atoms with van der Waals surface area (Å²) < 4.78 is 1.74. The second-order valence-electron chi connectivity index (χ2n) is 6.82. The molecule has 3 nitrogen and oxygen atoms in total. The van der Waals surface area contributed by atoms with Crippen molar-refractivity contribution in [3.8, 4) is 11.1 Å². The van der Waals surface area contributed by atoms with E-state index in [-0.39, 0.29) is 5.56 Å². The Labute approximate surface area is 154 Å². The normalized spacial score (nSPS) is 11.9. The summed E-state index contributed by atoms with van der Waals surface area (Å²) in [5, 5.41) is 3.82. The maximum Gasteiger partial charge on any atom is 0.264 e. The molecule has 0 amide bonds. The minimum absolute atomic E-state index is 0.0120. The Morgan fingerprint density at radius 2 is 1.44 bits per heavy atom. The third-order valence-electron chi connectivity index (χ3n) is 5.36. The van der Waals surface area contributed by atoms with E-state index in [9.17, 15) is 4.79 Å². The molecular weight excluding hydrogens is 332 g/mol. The van der Waals surface area contributed by atoms with Crippen molar-refractivity contribution in [2.24, 2.45) is 0 Å². The zero-order valence-electron chi connectivity index (χ0n) is 14.4. The van der Waals surface area contributed by atoms with Gasteiger partial charge in [0.25, 0.3) is 5.56 Å². The lowest BCUT2D eigenvalue weighted by molar-refractivity contribution is 1.19. The van der Waals surface area contributed by atoms with Gasteiger partial charge in [-0.25, -0.2) is 4.98 Å². The van der Waals surface area contributed by atoms with Gasteiger partial charge in [-0.15, -0.1) is 0 Å². The van der Waals surface area contributed by atoms with Crippen LogP contribution in [0.2, 0.25) is 0 Å². The maximum absolute atomic E-state index is 13.3. The van der Waals surface area contributed by atoms with E-state index in [1.807, 2.05) is 54.6 Å². The molecule has 0 aliphatic carbocycles. The Bertz CT molecular complexity index is 1530. The summed E-state index contributed by atoms with van der Waals surface area (Å²) in [6.45, 7) is 0. The predicted molar refractivity (Wildman–Crippen MR) is 111 cm³/mol. The van der Waals surface area contributed by atoms with E-state index in [0.717, 1.165) is 49.4 Å². The molecule has 0 atom stereocenters. The lowest BCUT2D eigenvalue weighted by atomic mass is 9.94. The molecule has 0 aliphatic rings. The molecule has 0 saturated heterocycles. The molecule has 126 valence electrons. The highest BCUT2D eigenvalue weighted by molar-refractivity contribution is 6.19. The number of hydrogen-bond donors (Lipinski definition) is 0. The number of para-hydroxylation sites is 2. The first-order valence-corrected chi connectivity index (χ1v) is 8.96. The minimum Gasteiger partial charge on any atom is -0.268 e. The number of imidazole rings is 1. The maximum atomic E-state index is 13.3. The van der Waals surface area contributed by atoms with Crippen LogP contribution in [-0.2, 0) is 0 Å². The van der Waals surface area contributed by atoms with E-state index in [1.165, 1.54) is 0 Å². The number of fused-ring (bicyclic) bond motifs is 4. The third-order valence-corrected chi connectivity index (χ3v) is 5.36. The van der Waals surface area contributed by atoms with Gasteiger partial charge in [0.1, 0.15) is 5.65 Å². The van der Waals surface area contributed by atoms with Gasteiger partial charge in [-0.05, 0) is 40.8 Å². The summed E-state index contributed by atoms with van der Waals surface area (Å²) in [7, 11) is 0. The van der Waals surface area contributed by atoms with E-state index >= 15 is 0 Å². The quantitative estimate of drug-likeness (QED) is 0.407. The lowest BCUT2D eigenvalue weighted by Crippen LogP contribution is -2.13. The third kappa shape index (κ3) is 1.86. The molecule has 0 fully saturated rings. The fourth-order valence-corrected chi connectivity index (χ4v) is 4.17. The van der Waals surface area contributed by atoms with Crippen LogP contribution in [0.4, 0.5) is 0 Å². The first kappa shape index (κ1) is 14.4. The Hall–Kier alpha value is -3.72. The fraction of sp³-hybridized carbons (Fsp3) is 0. The van der Waals surface area contributed by atoms with Gasteiger partial charge in [-0.2, -0.15) is 0 Å². The molecule has 6 aromatic rings. The molecule has 2 aromatic heterocycles. The van der Waals surface area contributed by atoms with E-state index in [0.29, 0.717) is 0 Å². The van der Waals surface area contributed by atoms with Crippen molar-refractivity contribution in [3.05, 3.63) is 95.3 Å². The van der Waals surface area contributed by atoms with E-state index in [4.69, 9.17) is 4.98 Å². The smallest absolute Gasteiger partial charge is 0.264 e. The highest BCUT2D eigenvalue weighted by Gasteiger charge is 2.17. The summed E-state index contributed by atoms with van der Waals surface area (Å²) in [6, 6.07) is 28.3. The van der Waals surface area contributed by atoms with Crippen LogP contribution in [0.3, 0.4) is 0 Å². The van der Waals surface area contributed by atoms with Gasteiger partial charge in [0, 0.05) is 16.2 Å². The molecule has 0 unspecified atom stereocenters. The van der Waals surface area contributed by atoms with Gasteiger partial charge < -0.3 is 0 Å². The van der Waals surface area contributed by atoms with Crippen molar-refractivity contribution in [3.63, 3.8) is 0 Å². The second-order valence-corrected chi connectivity index (χ2v) is 6.82. The summed E-state index contributed by atoms with van der Waals surface area (Å²) in [6.07, 6.45) is 0. The fourth-order valence-electron chi connectivity index (χ4n) is 4.17. The first-order valence-electron chi connectivity index (χ1n) is 8.96. The molecule has 2 heterocycles. The summed E-state index contributed by atoms with van der Waals surface area (Å²) in [5.74, 6) is 0. The van der Waals surface area contributed by atoms with Gasteiger partial charge in [-0.3, -0.25) is 9.20 Å². The number of nitrogens with zero attached hydrogens (tertiary/aromatic N) is 2. The molecule has 6 rings (SSSR count). The van der Waals surface area contributed by atoms with Crippen molar-refractivity contribution >= 4 is 38.2 Å². The average Bonchev–Trinajstić information content (AvgIpc) is 3.12. The van der Waals surface area contributed by atoms with Crippen LogP contribution >= 0.6 is 0 Å². The van der Waals surface area contributed by atoms with E-state index in [2.05, 4.69) is 30.3 Å². The number of aromatic nitrogens is 2. The molecular formula is C24H14N2O. The van der Waals surface area contributed by atoms with Gasteiger partial charge in [0.15, 0.2) is 0 Å². The molecule has 0 spiro atoms. The van der Waals surface area contributed by atoms with Crippen molar-refractivity contribution in [1.82, 2.24) is 9.38 Å². The summed E-state index contributed by atoms with van der Waals surface area (Å²) in [5.41, 5.74) is 4.69. The van der Waals surface area contributed by atoms with E-state index in [1.54, 1.807) is 4.40 Å². The molecule has 0 aliphatic heterocycles. The molecule has 4 aromatic carbocycles. The van der Waals surface area contributed by atoms with Crippen molar-refractivity contribution < 1.29 is 0 Å². The lowest BCUT2D eigenvalue weighted by Gasteiger charge is -2.11. The van der Waals surface area contributed by atoms with Crippen molar-refractivity contribution in [2.45, 2.75) is 0 Å². The highest BCUT2D eigenvalue weighted by atomic mass is 16.1. The number of benzene rings is 4. The van der Waals surface area contributed by atoms with Crippen LogP contribution in [0.15, 0.2) is 89.7 Å². The second kappa shape index (κ2) is 5.15. The van der Waals surface area contributed by atoms with Crippen LogP contribution in [0.5, 0.6) is 0 Å². The topological polar surface area (TPSA) is 34.4 Å². The molecule has 0 bridgehead atoms. The molecule has 3 heteroatoms. The number of hydrogen-bond acceptors (Lipinski definition) is 2. The van der Waals surface area contributed by atoms with Crippen LogP contribution in [0, 0.1) is 0 Å². The van der Waals surface area contributed by atoms with Gasteiger partial charge >= 0.3 is 0 Å². The Kier molecular flexibility index (Phi) is 2.75. The van der Waals surface area contributed by atoms with Crippen molar-refractivity contribution in [2.75, 3.05) is 0 Å². The Morgan fingerprint density at radius 1 is 0.667 bits per heavy atom. The summed E-state index contributed by atoms with van der Waals surface area (Å²) in [4.78, 5) is 18.1. The Balaban J connectivity index is 1.88. The minimum atomic E-state index is -0.0120. The predicted octanol–water partition coefficient (Wildman–Crippen LogP) is 5.26. The standard InChI is InChI=1S/C24H14N2O/c27-24-19-10-6-9-17-16(15-7-2-1-3-8-15)13-14-18(22(17)19)23-25-20-11-4-5-12-21(20)26(23)24/h1-14H. The highest BCUT2D eigenvalue weighted by Crippen LogP contribution is 2.35. The number of pyridine rings is 1. The largest absolute Gasteiger partial charge is 0.268 e. The van der Waals surface area contributed by atoms with Crippen LogP contribution < -0.4 is 5.56 Å². The van der Waals surface area contributed by atoms with Crippen LogP contribution in [-0.4, -0.2) is 9.38 Å². The van der Waals surface area contributed by atoms with Crippen LogP contribution in [0.25, 0.3) is 49.4 Å². The zero-order valence-corrected chi connectivity index (χ0v) is 14.4. The van der Waals surface area contributed by atoms with Crippen molar-refractivity contribution in [1.29, 1.82) is 0 Å². The molecule has 0 radical (unpaired) electrons. The van der Waals surface area contributed by atoms with Gasteiger partial charge in [0.05, 0.1) is 11.0 Å². The average molecular weight is 346 g/mol. The van der Waals surface area contributed by atoms with Gasteiger partial charge in [-0.1, -0.05) is 60.7 Å². The summed E-state index contributed by atoms with van der Waals surface area (Å²) >= 11 is 0. The first-order chi connectivity index (χ1) is 13.3. The molecule has 27 heavy (non-hydrogen) atoms. The SMILES string of the molecule is O=c1c2cccc3c(-c4ccccc4)ccc(c32)c2nc3ccccc3n12. The molecule has 0 N–H and O–H groups in total. The van der Waals surface area contributed by atoms with Crippen LogP contribution in [0.1, 0.15) is 0 Å². The molecule has 0 saturated carbocycles. The zero-order chi connectivity index (χ0) is 18.0. The Morgan fingerprint density at radius 3 is 2.33 bits per heavy atom. The van der Waals surface area contributed by atoms with E-state index < -0.39 is 0 Å². The van der Waals surface area contributed by atoms with Gasteiger partial charge in [0.2, 0.25) is 0 Å². The monoisotopic (exact) mass is 346 g/mol.